The number of likely N-dealkylation sites (tertiary alicyclic amines) is 1. The lowest BCUT2D eigenvalue weighted by atomic mass is 9.76. The zero-order valence-electron chi connectivity index (χ0n) is 24.1. The van der Waals surface area contributed by atoms with Gasteiger partial charge in [-0.1, -0.05) is 43.0 Å². The van der Waals surface area contributed by atoms with Crippen LogP contribution in [0.1, 0.15) is 82.8 Å². The summed E-state index contributed by atoms with van der Waals surface area (Å²) in [6.45, 7) is 5.33. The second-order valence-corrected chi connectivity index (χ2v) is 11.7. The maximum absolute atomic E-state index is 14.7. The predicted octanol–water partition coefficient (Wildman–Crippen LogP) is 5.20. The van der Waals surface area contributed by atoms with E-state index in [1.165, 1.54) is 4.68 Å². The van der Waals surface area contributed by atoms with E-state index in [9.17, 15) is 14.4 Å². The molecule has 2 N–H and O–H groups in total. The number of primary amides is 1. The van der Waals surface area contributed by atoms with Crippen molar-refractivity contribution in [3.05, 3.63) is 69.4 Å². The lowest BCUT2D eigenvalue weighted by molar-refractivity contribution is -0.144. The molecular weight excluding hydrogens is 544 g/mol. The van der Waals surface area contributed by atoms with E-state index in [1.54, 1.807) is 58.0 Å². The van der Waals surface area contributed by atoms with E-state index >= 15 is 0 Å². The van der Waals surface area contributed by atoms with Gasteiger partial charge in [0.15, 0.2) is 5.78 Å². The van der Waals surface area contributed by atoms with Crippen LogP contribution in [-0.2, 0) is 16.6 Å². The first kappa shape index (κ1) is 28.9. The highest BCUT2D eigenvalue weighted by molar-refractivity contribution is 6.30. The number of ketones is 1. The number of amides is 2. The van der Waals surface area contributed by atoms with Gasteiger partial charge in [0.2, 0.25) is 11.8 Å². The number of aromatic nitrogens is 2. The quantitative estimate of drug-likeness (QED) is 0.383. The monoisotopic (exact) mass is 580 g/mol. The van der Waals surface area contributed by atoms with Crippen LogP contribution in [0, 0.1) is 32.6 Å². The molecule has 4 atom stereocenters. The van der Waals surface area contributed by atoms with Crippen molar-refractivity contribution in [3.63, 3.8) is 0 Å². The van der Waals surface area contributed by atoms with Gasteiger partial charge in [-0.05, 0) is 57.4 Å². The number of hydrogen-bond acceptors (Lipinski definition) is 6. The van der Waals surface area contributed by atoms with E-state index in [1.807, 2.05) is 12.1 Å². The van der Waals surface area contributed by atoms with Crippen LogP contribution in [0.2, 0.25) is 5.15 Å². The first-order valence-corrected chi connectivity index (χ1v) is 14.5. The van der Waals surface area contributed by atoms with Gasteiger partial charge in [-0.15, -0.1) is 0 Å². The molecule has 2 amide bonds. The van der Waals surface area contributed by atoms with E-state index in [4.69, 9.17) is 26.5 Å². The minimum absolute atomic E-state index is 0.174. The molecule has 218 valence electrons. The topological polar surface area (TPSA) is 121 Å². The summed E-state index contributed by atoms with van der Waals surface area (Å²) in [5.41, 5.74) is 8.40. The van der Waals surface area contributed by atoms with E-state index in [2.05, 4.69) is 5.10 Å². The molecule has 10 heteroatoms. The fourth-order valence-corrected chi connectivity index (χ4v) is 7.23. The molecule has 2 fully saturated rings. The number of hydrogen-bond donors (Lipinski definition) is 1. The standard InChI is InChI=1S/C31H37ClN4O5/c1-16-15-22(18(3)41-16)28(37)25-24(19-11-13-21(40-5)14-12-19)27(30(33)38)36(31(39)20-9-7-6-8-10-20)26(25)23-17(2)34-35(4)29(23)32/h11-15,20,24-27H,6-10H2,1-5H3,(H2,33,38). The van der Waals surface area contributed by atoms with Crippen LogP contribution in [0.5, 0.6) is 5.75 Å². The Hall–Kier alpha value is -3.59. The summed E-state index contributed by atoms with van der Waals surface area (Å²) in [4.78, 5) is 44.2. The Morgan fingerprint density at radius 2 is 1.73 bits per heavy atom. The number of methoxy groups -OCH3 is 1. The Morgan fingerprint density at radius 1 is 1.07 bits per heavy atom. The van der Waals surface area contributed by atoms with Gasteiger partial charge in [-0.2, -0.15) is 5.10 Å². The first-order chi connectivity index (χ1) is 19.5. The van der Waals surface area contributed by atoms with E-state index in [0.29, 0.717) is 44.8 Å². The van der Waals surface area contributed by atoms with Gasteiger partial charge in [-0.25, -0.2) is 0 Å². The molecule has 5 rings (SSSR count). The second-order valence-electron chi connectivity index (χ2n) is 11.3. The smallest absolute Gasteiger partial charge is 0.240 e. The highest BCUT2D eigenvalue weighted by Gasteiger charge is 2.59. The van der Waals surface area contributed by atoms with Crippen molar-refractivity contribution >= 4 is 29.2 Å². The summed E-state index contributed by atoms with van der Waals surface area (Å²) < 4.78 is 12.7. The summed E-state index contributed by atoms with van der Waals surface area (Å²) >= 11 is 6.86. The molecule has 3 aromatic rings. The summed E-state index contributed by atoms with van der Waals surface area (Å²) in [5, 5.41) is 4.83. The fraction of sp³-hybridized carbons (Fsp3) is 0.484. The molecule has 0 radical (unpaired) electrons. The van der Waals surface area contributed by atoms with Crippen molar-refractivity contribution in [3.8, 4) is 5.75 Å². The number of furan rings is 1. The number of nitrogens with zero attached hydrogens (tertiary/aromatic N) is 3. The van der Waals surface area contributed by atoms with Gasteiger partial charge in [-0.3, -0.25) is 19.1 Å². The second kappa shape index (κ2) is 11.4. The average molecular weight is 581 g/mol. The van der Waals surface area contributed by atoms with Crippen molar-refractivity contribution in [2.45, 2.75) is 70.9 Å². The number of carbonyl (C=O) groups excluding carboxylic acids is 3. The molecule has 41 heavy (non-hydrogen) atoms. The molecule has 3 heterocycles. The molecule has 9 nitrogen and oxygen atoms in total. The molecule has 0 spiro atoms. The van der Waals surface area contributed by atoms with E-state index in [-0.39, 0.29) is 17.6 Å². The lowest BCUT2D eigenvalue weighted by Crippen LogP contribution is -2.49. The summed E-state index contributed by atoms with van der Waals surface area (Å²) in [7, 11) is 3.29. The number of benzene rings is 1. The number of halogens is 1. The van der Waals surface area contributed by atoms with E-state index in [0.717, 1.165) is 32.1 Å². The van der Waals surface area contributed by atoms with Gasteiger partial charge in [0.1, 0.15) is 28.5 Å². The third kappa shape index (κ3) is 5.05. The Bertz CT molecular complexity index is 1470. The minimum atomic E-state index is -1.08. The lowest BCUT2D eigenvalue weighted by Gasteiger charge is -2.34. The number of Topliss-reactive ketones (excluding diaryl/α,β-unsaturated/α-hetero) is 1. The molecule has 4 unspecified atom stereocenters. The Morgan fingerprint density at radius 3 is 2.24 bits per heavy atom. The predicted molar refractivity (Wildman–Crippen MR) is 154 cm³/mol. The fourth-order valence-electron chi connectivity index (χ4n) is 6.94. The zero-order valence-corrected chi connectivity index (χ0v) is 24.9. The maximum Gasteiger partial charge on any atom is 0.240 e. The molecule has 1 aromatic carbocycles. The summed E-state index contributed by atoms with van der Waals surface area (Å²) in [6, 6.07) is 6.99. The largest absolute Gasteiger partial charge is 0.497 e. The van der Waals surface area contributed by atoms with Crippen LogP contribution in [0.15, 0.2) is 34.7 Å². The summed E-state index contributed by atoms with van der Waals surface area (Å²) in [5.74, 6) is -1.29. The molecule has 1 saturated carbocycles. The van der Waals surface area contributed by atoms with Crippen LogP contribution in [0.4, 0.5) is 0 Å². The highest BCUT2D eigenvalue weighted by Crippen LogP contribution is 2.54. The maximum atomic E-state index is 14.7. The SMILES string of the molecule is COc1ccc(C2C(C(=O)c3cc(C)oc3C)C(c3c(C)nn(C)c3Cl)N(C(=O)C3CCCCC3)C2C(N)=O)cc1. The zero-order chi connectivity index (χ0) is 29.6. The van der Waals surface area contributed by atoms with Gasteiger partial charge < -0.3 is 19.8 Å². The minimum Gasteiger partial charge on any atom is -0.497 e. The normalized spacial score (nSPS) is 23.1. The average Bonchev–Trinajstić information content (AvgIpc) is 3.57. The summed E-state index contributed by atoms with van der Waals surface area (Å²) in [6.07, 6.45) is 4.37. The molecular formula is C31H37ClN4O5. The van der Waals surface area contributed by atoms with Crippen LogP contribution in [0.3, 0.4) is 0 Å². The van der Waals surface area contributed by atoms with Crippen molar-refractivity contribution in [1.29, 1.82) is 0 Å². The Kier molecular flexibility index (Phi) is 8.01. The number of nitrogens with two attached hydrogens (primary N) is 1. The third-order valence-corrected chi connectivity index (χ3v) is 9.22. The van der Waals surface area contributed by atoms with Crippen LogP contribution >= 0.6 is 11.6 Å². The van der Waals surface area contributed by atoms with Gasteiger partial charge in [0.25, 0.3) is 0 Å². The molecule has 1 aliphatic carbocycles. The van der Waals surface area contributed by atoms with Crippen LogP contribution in [0.25, 0.3) is 0 Å². The number of rotatable bonds is 7. The first-order valence-electron chi connectivity index (χ1n) is 14.1. The molecule has 1 saturated heterocycles. The molecule has 2 aliphatic rings. The highest BCUT2D eigenvalue weighted by atomic mass is 35.5. The molecule has 0 bridgehead atoms. The van der Waals surface area contributed by atoms with Gasteiger partial charge in [0, 0.05) is 24.4 Å². The number of carbonyl (C=O) groups is 3. The van der Waals surface area contributed by atoms with Crippen molar-refractivity contribution in [2.75, 3.05) is 7.11 Å². The van der Waals surface area contributed by atoms with Gasteiger partial charge >= 0.3 is 0 Å². The van der Waals surface area contributed by atoms with Gasteiger partial charge in [0.05, 0.1) is 30.3 Å². The molecule has 2 aromatic heterocycles. The molecule has 1 aliphatic heterocycles. The number of ether oxygens (including phenoxy) is 1. The van der Waals surface area contributed by atoms with Crippen LogP contribution in [-0.4, -0.2) is 45.4 Å². The third-order valence-electron chi connectivity index (χ3n) is 8.77. The van der Waals surface area contributed by atoms with Crippen LogP contribution < -0.4 is 10.5 Å². The number of aryl methyl sites for hydroxylation is 4. The van der Waals surface area contributed by atoms with Crippen molar-refractivity contribution in [2.24, 2.45) is 24.6 Å². The Balaban J connectivity index is 1.78. The van der Waals surface area contributed by atoms with E-state index < -0.39 is 29.8 Å². The van der Waals surface area contributed by atoms with Crippen molar-refractivity contribution < 1.29 is 23.5 Å². The Labute approximate surface area is 245 Å². The van der Waals surface area contributed by atoms with Crippen molar-refractivity contribution in [1.82, 2.24) is 14.7 Å².